The van der Waals surface area contributed by atoms with Crippen LogP contribution >= 0.6 is 0 Å². The first-order valence-electron chi connectivity index (χ1n) is 8.13. The van der Waals surface area contributed by atoms with Gasteiger partial charge in [0.25, 0.3) is 10.0 Å². The SMILES string of the molecule is O=C(O)c1ccc(S(=O)(=O)N2CCCC2C(=O)N2CCCOCC2)o1. The Labute approximate surface area is 145 Å². The van der Waals surface area contributed by atoms with Crippen LogP contribution in [0.15, 0.2) is 21.6 Å². The fraction of sp³-hybridized carbons (Fsp3) is 0.600. The molecule has 0 aromatic carbocycles. The number of rotatable bonds is 4. The fourth-order valence-electron chi connectivity index (χ4n) is 3.14. The quantitative estimate of drug-likeness (QED) is 0.812. The summed E-state index contributed by atoms with van der Waals surface area (Å²) in [7, 11) is -4.07. The Bertz CT molecular complexity index is 750. The third kappa shape index (κ3) is 3.55. The molecule has 1 atom stereocenters. The van der Waals surface area contributed by atoms with E-state index in [1.165, 1.54) is 0 Å². The van der Waals surface area contributed by atoms with Crippen LogP contribution in [0.2, 0.25) is 0 Å². The third-order valence-corrected chi connectivity index (χ3v) is 6.16. The van der Waals surface area contributed by atoms with Crippen molar-refractivity contribution in [2.45, 2.75) is 30.4 Å². The molecular formula is C15H20N2O7S. The van der Waals surface area contributed by atoms with Crippen molar-refractivity contribution in [2.75, 3.05) is 32.8 Å². The number of carboxylic acid groups (broad SMARTS) is 1. The fourth-order valence-corrected chi connectivity index (χ4v) is 4.71. The molecule has 138 valence electrons. The van der Waals surface area contributed by atoms with Gasteiger partial charge in [0.05, 0.1) is 6.61 Å². The summed E-state index contributed by atoms with van der Waals surface area (Å²) >= 11 is 0. The lowest BCUT2D eigenvalue weighted by molar-refractivity contribution is -0.134. The summed E-state index contributed by atoms with van der Waals surface area (Å²) in [4.78, 5) is 25.3. The summed E-state index contributed by atoms with van der Waals surface area (Å²) in [5.41, 5.74) is 0. The van der Waals surface area contributed by atoms with Crippen LogP contribution in [-0.2, 0) is 19.6 Å². The Morgan fingerprint density at radius 2 is 1.92 bits per heavy atom. The monoisotopic (exact) mass is 372 g/mol. The van der Waals surface area contributed by atoms with Crippen molar-refractivity contribution in [2.24, 2.45) is 0 Å². The number of hydrogen-bond acceptors (Lipinski definition) is 6. The molecule has 25 heavy (non-hydrogen) atoms. The van der Waals surface area contributed by atoms with Gasteiger partial charge in [-0.2, -0.15) is 4.31 Å². The molecule has 0 radical (unpaired) electrons. The Kier molecular flexibility index (Phi) is 5.11. The molecule has 3 heterocycles. The predicted octanol–water partition coefficient (Wildman–Crippen LogP) is 0.380. The maximum atomic E-state index is 12.8. The van der Waals surface area contributed by atoms with Crippen LogP contribution in [0, 0.1) is 0 Å². The second kappa shape index (κ2) is 7.14. The number of sulfonamides is 1. The second-order valence-corrected chi connectivity index (χ2v) is 7.81. The molecule has 2 aliphatic rings. The zero-order valence-corrected chi connectivity index (χ0v) is 14.4. The number of hydrogen-bond donors (Lipinski definition) is 1. The number of carbonyl (C=O) groups is 2. The standard InChI is InChI=1S/C15H20N2O7S/c18-14(16-6-2-9-23-10-8-16)11-3-1-7-17(11)25(21,22)13-5-4-12(24-13)15(19)20/h4-5,11H,1-3,6-10H2,(H,19,20). The van der Waals surface area contributed by atoms with Crippen molar-refractivity contribution in [1.29, 1.82) is 0 Å². The summed E-state index contributed by atoms with van der Waals surface area (Å²) < 4.78 is 36.9. The minimum Gasteiger partial charge on any atom is -0.475 e. The molecule has 1 aromatic heterocycles. The summed E-state index contributed by atoms with van der Waals surface area (Å²) in [5, 5.41) is 8.44. The Morgan fingerprint density at radius 3 is 2.64 bits per heavy atom. The van der Waals surface area contributed by atoms with Crippen molar-refractivity contribution in [3.8, 4) is 0 Å². The van der Waals surface area contributed by atoms with Gasteiger partial charge in [0.15, 0.2) is 0 Å². The first kappa shape index (κ1) is 17.9. The molecule has 3 rings (SSSR count). The van der Waals surface area contributed by atoms with Crippen molar-refractivity contribution in [1.82, 2.24) is 9.21 Å². The van der Waals surface area contributed by atoms with Gasteiger partial charge in [0.1, 0.15) is 6.04 Å². The number of nitrogens with zero attached hydrogens (tertiary/aromatic N) is 2. The Hall–Kier alpha value is -1.91. The van der Waals surface area contributed by atoms with E-state index >= 15 is 0 Å². The number of aromatic carboxylic acids is 1. The molecule has 2 fully saturated rings. The van der Waals surface area contributed by atoms with Crippen molar-refractivity contribution in [3.63, 3.8) is 0 Å². The van der Waals surface area contributed by atoms with Crippen LogP contribution in [0.4, 0.5) is 0 Å². The van der Waals surface area contributed by atoms with Gasteiger partial charge < -0.3 is 19.2 Å². The van der Waals surface area contributed by atoms with E-state index in [-0.39, 0.29) is 12.5 Å². The van der Waals surface area contributed by atoms with Gasteiger partial charge >= 0.3 is 5.97 Å². The zero-order valence-electron chi connectivity index (χ0n) is 13.6. The molecular weight excluding hydrogens is 352 g/mol. The number of ether oxygens (including phenoxy) is 1. The lowest BCUT2D eigenvalue weighted by atomic mass is 10.2. The van der Waals surface area contributed by atoms with Gasteiger partial charge in [-0.25, -0.2) is 13.2 Å². The number of carboxylic acids is 1. The lowest BCUT2D eigenvalue weighted by Gasteiger charge is -2.28. The van der Waals surface area contributed by atoms with Gasteiger partial charge in [-0.15, -0.1) is 0 Å². The topological polar surface area (TPSA) is 117 Å². The summed E-state index contributed by atoms with van der Waals surface area (Å²) in [6.45, 7) is 2.19. The highest BCUT2D eigenvalue weighted by Crippen LogP contribution is 2.28. The minimum atomic E-state index is -4.07. The normalized spacial score (nSPS) is 22.7. The van der Waals surface area contributed by atoms with Gasteiger partial charge in [-0.1, -0.05) is 0 Å². The summed E-state index contributed by atoms with van der Waals surface area (Å²) in [6, 6.07) is 1.41. The van der Waals surface area contributed by atoms with Gasteiger partial charge in [-0.05, 0) is 31.4 Å². The molecule has 0 aliphatic carbocycles. The highest BCUT2D eigenvalue weighted by molar-refractivity contribution is 7.89. The molecule has 10 heteroatoms. The van der Waals surface area contributed by atoms with Crippen molar-refractivity contribution < 1.29 is 32.3 Å². The zero-order chi connectivity index (χ0) is 18.0. The van der Waals surface area contributed by atoms with Crippen LogP contribution in [-0.4, -0.2) is 73.5 Å². The highest BCUT2D eigenvalue weighted by atomic mass is 32.2. The van der Waals surface area contributed by atoms with E-state index in [0.29, 0.717) is 45.6 Å². The number of carbonyl (C=O) groups excluding carboxylic acids is 1. The molecule has 0 saturated carbocycles. The van der Waals surface area contributed by atoms with E-state index in [2.05, 4.69) is 0 Å². The average molecular weight is 372 g/mol. The first-order valence-corrected chi connectivity index (χ1v) is 9.57. The van der Waals surface area contributed by atoms with Crippen molar-refractivity contribution in [3.05, 3.63) is 17.9 Å². The van der Waals surface area contributed by atoms with E-state index in [1.54, 1.807) is 4.90 Å². The minimum absolute atomic E-state index is 0.201. The first-order chi connectivity index (χ1) is 11.9. The van der Waals surface area contributed by atoms with Crippen LogP contribution in [0.5, 0.6) is 0 Å². The maximum Gasteiger partial charge on any atom is 0.371 e. The molecule has 1 N–H and O–H groups in total. The van der Waals surface area contributed by atoms with E-state index < -0.39 is 32.9 Å². The highest BCUT2D eigenvalue weighted by Gasteiger charge is 2.42. The molecule has 1 amide bonds. The predicted molar refractivity (Wildman–Crippen MR) is 84.6 cm³/mol. The smallest absolute Gasteiger partial charge is 0.371 e. The molecule has 0 spiro atoms. The van der Waals surface area contributed by atoms with Gasteiger partial charge in [-0.3, -0.25) is 4.79 Å². The van der Waals surface area contributed by atoms with E-state index in [0.717, 1.165) is 16.4 Å². The van der Waals surface area contributed by atoms with Crippen LogP contribution < -0.4 is 0 Å². The lowest BCUT2D eigenvalue weighted by Crippen LogP contribution is -2.48. The van der Waals surface area contributed by atoms with E-state index in [4.69, 9.17) is 14.3 Å². The molecule has 1 unspecified atom stereocenters. The molecule has 1 aromatic rings. The molecule has 9 nitrogen and oxygen atoms in total. The summed E-state index contributed by atoms with van der Waals surface area (Å²) in [6.07, 6.45) is 1.71. The van der Waals surface area contributed by atoms with Gasteiger partial charge in [0.2, 0.25) is 16.8 Å². The van der Waals surface area contributed by atoms with Crippen molar-refractivity contribution >= 4 is 21.9 Å². The van der Waals surface area contributed by atoms with E-state index in [9.17, 15) is 18.0 Å². The summed E-state index contributed by atoms with van der Waals surface area (Å²) in [5.74, 6) is -2.04. The molecule has 0 bridgehead atoms. The average Bonchev–Trinajstić information content (AvgIpc) is 3.19. The number of furan rings is 1. The van der Waals surface area contributed by atoms with E-state index in [1.807, 2.05) is 0 Å². The second-order valence-electron chi connectivity index (χ2n) is 5.99. The van der Waals surface area contributed by atoms with Crippen LogP contribution in [0.25, 0.3) is 0 Å². The van der Waals surface area contributed by atoms with Crippen LogP contribution in [0.3, 0.4) is 0 Å². The Morgan fingerprint density at radius 1 is 1.12 bits per heavy atom. The van der Waals surface area contributed by atoms with Crippen LogP contribution in [0.1, 0.15) is 29.8 Å². The third-order valence-electron chi connectivity index (χ3n) is 4.38. The molecule has 2 aliphatic heterocycles. The maximum absolute atomic E-state index is 12.8. The largest absolute Gasteiger partial charge is 0.475 e. The Balaban J connectivity index is 1.81. The van der Waals surface area contributed by atoms with Gasteiger partial charge in [0, 0.05) is 26.2 Å². The molecule has 2 saturated heterocycles. The number of amides is 1.